The molecule has 0 saturated carbocycles. The third kappa shape index (κ3) is 1.48. The van der Waals surface area contributed by atoms with Gasteiger partial charge >= 0.3 is 0 Å². The van der Waals surface area contributed by atoms with Crippen LogP contribution in [0, 0.1) is 27.4 Å². The van der Waals surface area contributed by atoms with Crippen LogP contribution in [0.15, 0.2) is 16.8 Å². The van der Waals surface area contributed by atoms with Crippen molar-refractivity contribution in [1.29, 1.82) is 5.26 Å². The third-order valence-corrected chi connectivity index (χ3v) is 1.68. The van der Waals surface area contributed by atoms with Crippen LogP contribution in [0.3, 0.4) is 0 Å². The van der Waals surface area contributed by atoms with Gasteiger partial charge in [0.2, 0.25) is 0 Å². The molecule has 0 fully saturated rings. The second-order valence-corrected chi connectivity index (χ2v) is 2.58. The van der Waals surface area contributed by atoms with Crippen molar-refractivity contribution < 1.29 is 4.92 Å². The standard InChI is InChI=1S/C7H7N3O2/c1-5-2-6(3-8)9-4-7(5)10(11)12/h2,4-5,7H,1H3. The largest absolute Gasteiger partial charge is 0.264 e. The number of nitrogens with zero attached hydrogens (tertiary/aromatic N) is 3. The lowest BCUT2D eigenvalue weighted by atomic mass is 10.0. The molecule has 0 amide bonds. The minimum absolute atomic E-state index is 0.251. The van der Waals surface area contributed by atoms with E-state index in [9.17, 15) is 10.1 Å². The van der Waals surface area contributed by atoms with Crippen molar-refractivity contribution in [3.05, 3.63) is 21.9 Å². The summed E-state index contributed by atoms with van der Waals surface area (Å²) in [7, 11) is 0. The highest BCUT2D eigenvalue weighted by Gasteiger charge is 2.27. The lowest BCUT2D eigenvalue weighted by Gasteiger charge is -2.12. The number of hydrogen-bond acceptors (Lipinski definition) is 4. The highest BCUT2D eigenvalue weighted by Crippen LogP contribution is 2.14. The van der Waals surface area contributed by atoms with Crippen LogP contribution in [0.25, 0.3) is 0 Å². The third-order valence-electron chi connectivity index (χ3n) is 1.68. The molecule has 0 aromatic carbocycles. The molecule has 1 heterocycles. The van der Waals surface area contributed by atoms with Crippen molar-refractivity contribution in [1.82, 2.24) is 0 Å². The van der Waals surface area contributed by atoms with E-state index in [2.05, 4.69) is 4.99 Å². The van der Waals surface area contributed by atoms with Crippen LogP contribution in [-0.2, 0) is 0 Å². The molecule has 0 radical (unpaired) electrons. The number of rotatable bonds is 1. The Labute approximate surface area is 69.2 Å². The smallest absolute Gasteiger partial charge is 0.254 e. The summed E-state index contributed by atoms with van der Waals surface area (Å²) >= 11 is 0. The summed E-state index contributed by atoms with van der Waals surface area (Å²) in [6, 6.07) is 1.04. The van der Waals surface area contributed by atoms with Crippen molar-refractivity contribution in [2.45, 2.75) is 13.0 Å². The number of aliphatic imine (C=N–C) groups is 1. The van der Waals surface area contributed by atoms with E-state index in [0.29, 0.717) is 0 Å². The van der Waals surface area contributed by atoms with E-state index < -0.39 is 11.0 Å². The Bertz CT molecular complexity index is 300. The van der Waals surface area contributed by atoms with E-state index in [1.165, 1.54) is 12.3 Å². The van der Waals surface area contributed by atoms with E-state index in [1.54, 1.807) is 6.92 Å². The van der Waals surface area contributed by atoms with Crippen LogP contribution >= 0.6 is 0 Å². The molecule has 0 spiro atoms. The molecule has 0 aromatic heterocycles. The SMILES string of the molecule is CC1C=C(C#N)N=CC1[N+](=O)[O-]. The molecule has 1 rings (SSSR count). The Hall–Kier alpha value is -1.70. The predicted octanol–water partition coefficient (Wildman–Crippen LogP) is 0.760. The molecule has 0 N–H and O–H groups in total. The van der Waals surface area contributed by atoms with Gasteiger partial charge in [-0.2, -0.15) is 5.26 Å². The molecular formula is C7H7N3O2. The zero-order chi connectivity index (χ0) is 9.14. The lowest BCUT2D eigenvalue weighted by Crippen LogP contribution is -2.29. The zero-order valence-corrected chi connectivity index (χ0v) is 6.47. The van der Waals surface area contributed by atoms with E-state index in [-0.39, 0.29) is 11.6 Å². The van der Waals surface area contributed by atoms with Gasteiger partial charge in [-0.3, -0.25) is 10.1 Å². The van der Waals surface area contributed by atoms with Crippen LogP contribution < -0.4 is 0 Å². The molecule has 0 aliphatic carbocycles. The molecule has 5 heteroatoms. The monoisotopic (exact) mass is 165 g/mol. The van der Waals surface area contributed by atoms with E-state index >= 15 is 0 Å². The van der Waals surface area contributed by atoms with E-state index in [4.69, 9.17) is 5.26 Å². The first-order valence-electron chi connectivity index (χ1n) is 3.44. The zero-order valence-electron chi connectivity index (χ0n) is 6.47. The number of allylic oxidation sites excluding steroid dienone is 1. The maximum absolute atomic E-state index is 10.4. The fourth-order valence-corrected chi connectivity index (χ4v) is 0.996. The number of nitriles is 1. The van der Waals surface area contributed by atoms with Gasteiger partial charge in [0, 0.05) is 4.92 Å². The highest BCUT2D eigenvalue weighted by molar-refractivity contribution is 5.67. The molecule has 12 heavy (non-hydrogen) atoms. The van der Waals surface area contributed by atoms with Gasteiger partial charge in [-0.25, -0.2) is 4.99 Å². The van der Waals surface area contributed by atoms with Gasteiger partial charge in [-0.15, -0.1) is 0 Å². The summed E-state index contributed by atoms with van der Waals surface area (Å²) in [5.41, 5.74) is 0.251. The maximum atomic E-state index is 10.4. The van der Waals surface area contributed by atoms with Gasteiger partial charge in [0.1, 0.15) is 11.8 Å². The molecule has 1 aliphatic heterocycles. The topological polar surface area (TPSA) is 79.3 Å². The number of hydrogen-bond donors (Lipinski definition) is 0. The summed E-state index contributed by atoms with van der Waals surface area (Å²) in [5, 5.41) is 18.8. The molecule has 0 aromatic rings. The average Bonchev–Trinajstić information content (AvgIpc) is 2.03. The summed E-state index contributed by atoms with van der Waals surface area (Å²) < 4.78 is 0. The average molecular weight is 165 g/mol. The quantitative estimate of drug-likeness (QED) is 0.425. The van der Waals surface area contributed by atoms with Crippen molar-refractivity contribution >= 4 is 6.21 Å². The van der Waals surface area contributed by atoms with Crippen LogP contribution in [0.1, 0.15) is 6.92 Å². The minimum atomic E-state index is -0.790. The van der Waals surface area contributed by atoms with Crippen molar-refractivity contribution in [3.8, 4) is 6.07 Å². The Balaban J connectivity index is 2.83. The normalized spacial score (nSPS) is 27.5. The van der Waals surface area contributed by atoms with Gasteiger partial charge in [-0.05, 0) is 6.08 Å². The predicted molar refractivity (Wildman–Crippen MR) is 42.1 cm³/mol. The van der Waals surface area contributed by atoms with Crippen molar-refractivity contribution in [2.24, 2.45) is 10.9 Å². The maximum Gasteiger partial charge on any atom is 0.254 e. The van der Waals surface area contributed by atoms with Gasteiger partial charge in [0.05, 0.1) is 12.1 Å². The Morgan fingerprint density at radius 2 is 2.50 bits per heavy atom. The number of nitro groups is 1. The molecule has 0 bridgehead atoms. The Kier molecular flexibility index (Phi) is 2.19. The summed E-state index contributed by atoms with van der Waals surface area (Å²) in [6.07, 6.45) is 2.72. The van der Waals surface area contributed by atoms with Crippen molar-refractivity contribution in [2.75, 3.05) is 0 Å². The molecule has 0 saturated heterocycles. The minimum Gasteiger partial charge on any atom is -0.264 e. The molecule has 62 valence electrons. The molecule has 2 unspecified atom stereocenters. The second-order valence-electron chi connectivity index (χ2n) is 2.58. The second kappa shape index (κ2) is 3.13. The summed E-state index contributed by atoms with van der Waals surface area (Å²) in [5.74, 6) is -0.257. The molecule has 5 nitrogen and oxygen atoms in total. The summed E-state index contributed by atoms with van der Waals surface area (Å²) in [6.45, 7) is 1.69. The first-order valence-corrected chi connectivity index (χ1v) is 3.44. The van der Waals surface area contributed by atoms with Crippen LogP contribution in [0.4, 0.5) is 0 Å². The summed E-state index contributed by atoms with van der Waals surface area (Å²) in [4.78, 5) is 13.6. The van der Waals surface area contributed by atoms with Crippen LogP contribution in [-0.4, -0.2) is 17.2 Å². The van der Waals surface area contributed by atoms with E-state index in [1.807, 2.05) is 6.07 Å². The molecule has 2 atom stereocenters. The lowest BCUT2D eigenvalue weighted by molar-refractivity contribution is -0.507. The van der Waals surface area contributed by atoms with Gasteiger partial charge in [-0.1, -0.05) is 6.92 Å². The first-order chi connectivity index (χ1) is 5.65. The van der Waals surface area contributed by atoms with Crippen LogP contribution in [0.2, 0.25) is 0 Å². The van der Waals surface area contributed by atoms with Gasteiger partial charge < -0.3 is 0 Å². The first kappa shape index (κ1) is 8.40. The van der Waals surface area contributed by atoms with Gasteiger partial charge in [0.25, 0.3) is 6.04 Å². The Morgan fingerprint density at radius 3 is 2.92 bits per heavy atom. The molecular weight excluding hydrogens is 158 g/mol. The fraction of sp³-hybridized carbons (Fsp3) is 0.429. The van der Waals surface area contributed by atoms with Crippen LogP contribution in [0.5, 0.6) is 0 Å². The van der Waals surface area contributed by atoms with Gasteiger partial charge in [0.15, 0.2) is 0 Å². The Morgan fingerprint density at radius 1 is 1.83 bits per heavy atom. The van der Waals surface area contributed by atoms with E-state index in [0.717, 1.165) is 0 Å². The highest BCUT2D eigenvalue weighted by atomic mass is 16.6. The van der Waals surface area contributed by atoms with Crippen molar-refractivity contribution in [3.63, 3.8) is 0 Å². The fourth-order valence-electron chi connectivity index (χ4n) is 0.996. The molecule has 1 aliphatic rings.